The van der Waals surface area contributed by atoms with Crippen molar-refractivity contribution in [3.05, 3.63) is 78.6 Å². The van der Waals surface area contributed by atoms with Gasteiger partial charge in [-0.25, -0.2) is 4.98 Å². The number of pyridine rings is 1. The molecule has 6 heteroatoms. The van der Waals surface area contributed by atoms with Gasteiger partial charge in [0.1, 0.15) is 18.7 Å². The quantitative estimate of drug-likeness (QED) is 0.412. The summed E-state index contributed by atoms with van der Waals surface area (Å²) in [6, 6.07) is 13.6. The molecule has 6 nitrogen and oxygen atoms in total. The molecule has 24 heavy (non-hydrogen) atoms. The number of nitrogens with zero attached hydrogens (tertiary/aromatic N) is 5. The largest absolute Gasteiger partial charge is 0.487 e. The first-order chi connectivity index (χ1) is 11.7. The van der Waals surface area contributed by atoms with Crippen LogP contribution in [0.1, 0.15) is 11.3 Å². The maximum Gasteiger partial charge on any atom is 0.168 e. The van der Waals surface area contributed by atoms with Crippen LogP contribution < -0.4 is 4.74 Å². The molecule has 0 spiro atoms. The van der Waals surface area contributed by atoms with Crippen LogP contribution in [0.15, 0.2) is 72.5 Å². The van der Waals surface area contributed by atoms with Gasteiger partial charge in [-0.15, -0.1) is 0 Å². The van der Waals surface area contributed by atoms with Crippen LogP contribution in [0, 0.1) is 0 Å². The van der Waals surface area contributed by atoms with E-state index in [1.807, 2.05) is 67.3 Å². The van der Waals surface area contributed by atoms with Crippen molar-refractivity contribution in [3.8, 4) is 5.75 Å². The maximum absolute atomic E-state index is 5.99. The summed E-state index contributed by atoms with van der Waals surface area (Å²) < 4.78 is 7.85. The van der Waals surface area contributed by atoms with Crippen LogP contribution in [-0.2, 0) is 6.61 Å². The first-order valence-electron chi connectivity index (χ1n) is 7.60. The summed E-state index contributed by atoms with van der Waals surface area (Å²) in [5, 5.41) is 6.34. The molecule has 0 aliphatic rings. The Labute approximate surface area is 141 Å². The highest BCUT2D eigenvalue weighted by atomic mass is 16.5. The van der Waals surface area contributed by atoms with Gasteiger partial charge in [-0.05, 0) is 24.3 Å². The lowest BCUT2D eigenvalue weighted by Crippen LogP contribution is -2.18. The number of para-hydroxylation sites is 1. The molecular formula is C18H19N5O. The Morgan fingerprint density at radius 3 is 2.67 bits per heavy atom. The predicted octanol–water partition coefficient (Wildman–Crippen LogP) is 2.63. The van der Waals surface area contributed by atoms with Crippen LogP contribution in [0.4, 0.5) is 0 Å². The molecular weight excluding hydrogens is 302 g/mol. The minimum atomic E-state index is 0.400. The fourth-order valence-corrected chi connectivity index (χ4v) is 2.23. The van der Waals surface area contributed by atoms with Gasteiger partial charge in [0.25, 0.3) is 0 Å². The maximum atomic E-state index is 5.99. The van der Waals surface area contributed by atoms with Gasteiger partial charge in [0.05, 0.1) is 11.3 Å². The smallest absolute Gasteiger partial charge is 0.168 e. The summed E-state index contributed by atoms with van der Waals surface area (Å²) in [5.74, 6) is 1.49. The lowest BCUT2D eigenvalue weighted by atomic mass is 10.2. The summed E-state index contributed by atoms with van der Waals surface area (Å²) in [5.41, 5.74) is 1.76. The van der Waals surface area contributed by atoms with Gasteiger partial charge in [-0.2, -0.15) is 5.10 Å². The molecule has 3 aromatic rings. The van der Waals surface area contributed by atoms with Crippen molar-refractivity contribution in [3.63, 3.8) is 0 Å². The zero-order valence-electron chi connectivity index (χ0n) is 13.7. The van der Waals surface area contributed by atoms with E-state index in [9.17, 15) is 0 Å². The average molecular weight is 321 g/mol. The zero-order chi connectivity index (χ0) is 16.8. The third-order valence-corrected chi connectivity index (χ3v) is 3.27. The van der Waals surface area contributed by atoms with Crippen LogP contribution in [0.25, 0.3) is 0 Å². The molecule has 0 radical (unpaired) electrons. The Morgan fingerprint density at radius 1 is 1.12 bits per heavy atom. The predicted molar refractivity (Wildman–Crippen MR) is 92.9 cm³/mol. The van der Waals surface area contributed by atoms with Gasteiger partial charge in [0, 0.05) is 32.7 Å². The number of imidazole rings is 1. The van der Waals surface area contributed by atoms with Gasteiger partial charge < -0.3 is 9.75 Å². The molecule has 2 aromatic heterocycles. The molecule has 0 amide bonds. The normalized spacial score (nSPS) is 11.3. The monoisotopic (exact) mass is 321 g/mol. The molecule has 0 aliphatic carbocycles. The second kappa shape index (κ2) is 7.41. The van der Waals surface area contributed by atoms with E-state index >= 15 is 0 Å². The number of ether oxygens (including phenoxy) is 1. The van der Waals surface area contributed by atoms with Crippen molar-refractivity contribution in [2.75, 3.05) is 14.1 Å². The topological polar surface area (TPSA) is 55.5 Å². The average Bonchev–Trinajstić information content (AvgIpc) is 3.13. The third-order valence-electron chi connectivity index (χ3n) is 3.27. The van der Waals surface area contributed by atoms with Crippen LogP contribution in [0.3, 0.4) is 0 Å². The van der Waals surface area contributed by atoms with Crippen LogP contribution in [0.2, 0.25) is 0 Å². The van der Waals surface area contributed by atoms with E-state index in [0.29, 0.717) is 6.61 Å². The van der Waals surface area contributed by atoms with Gasteiger partial charge >= 0.3 is 0 Å². The summed E-state index contributed by atoms with van der Waals surface area (Å²) in [6.45, 7) is 0.400. The zero-order valence-corrected chi connectivity index (χ0v) is 13.7. The molecule has 0 N–H and O–H groups in total. The van der Waals surface area contributed by atoms with Crippen LogP contribution in [-0.4, -0.2) is 39.5 Å². The van der Waals surface area contributed by atoms with E-state index < -0.39 is 0 Å². The molecule has 0 aliphatic heterocycles. The molecule has 2 heterocycles. The first kappa shape index (κ1) is 15.7. The molecule has 0 fully saturated rings. The highest BCUT2D eigenvalue weighted by molar-refractivity contribution is 6.02. The highest BCUT2D eigenvalue weighted by Crippen LogP contribution is 2.21. The summed E-state index contributed by atoms with van der Waals surface area (Å²) in [6.07, 6.45) is 7.06. The number of benzene rings is 1. The first-order valence-corrected chi connectivity index (χ1v) is 7.60. The number of aromatic nitrogens is 3. The van der Waals surface area contributed by atoms with Crippen LogP contribution in [0.5, 0.6) is 5.75 Å². The minimum absolute atomic E-state index is 0.400. The molecule has 3 rings (SSSR count). The Hall–Kier alpha value is -3.15. The van der Waals surface area contributed by atoms with Crippen LogP contribution >= 0.6 is 0 Å². The van der Waals surface area contributed by atoms with Gasteiger partial charge in [-0.3, -0.25) is 9.55 Å². The Balaban J connectivity index is 1.92. The number of hydrogen-bond acceptors (Lipinski definition) is 5. The Bertz CT molecular complexity index is 797. The fourth-order valence-electron chi connectivity index (χ4n) is 2.23. The van der Waals surface area contributed by atoms with Crippen molar-refractivity contribution in [2.24, 2.45) is 5.10 Å². The number of rotatable bonds is 5. The summed E-state index contributed by atoms with van der Waals surface area (Å²) >= 11 is 0. The number of hydrogen-bond donors (Lipinski definition) is 0. The molecule has 0 atom stereocenters. The molecule has 122 valence electrons. The van der Waals surface area contributed by atoms with Crippen molar-refractivity contribution in [2.45, 2.75) is 6.61 Å². The SMILES string of the molecule is CN(C)N=C(c1ccccc1OCc1ccccn1)n1ccnc1. The second-order valence-electron chi connectivity index (χ2n) is 5.35. The summed E-state index contributed by atoms with van der Waals surface area (Å²) in [7, 11) is 3.77. The van der Waals surface area contributed by atoms with Crippen molar-refractivity contribution in [1.29, 1.82) is 0 Å². The molecule has 0 bridgehead atoms. The van der Waals surface area contributed by atoms with E-state index in [-0.39, 0.29) is 0 Å². The Morgan fingerprint density at radius 2 is 1.96 bits per heavy atom. The van der Waals surface area contributed by atoms with E-state index in [0.717, 1.165) is 22.8 Å². The fraction of sp³-hybridized carbons (Fsp3) is 0.167. The molecule has 0 unspecified atom stereocenters. The third kappa shape index (κ3) is 3.78. The second-order valence-corrected chi connectivity index (χ2v) is 5.35. The van der Waals surface area contributed by atoms with Crippen molar-refractivity contribution >= 4 is 5.84 Å². The van der Waals surface area contributed by atoms with Gasteiger partial charge in [-0.1, -0.05) is 18.2 Å². The van der Waals surface area contributed by atoms with E-state index in [1.165, 1.54) is 0 Å². The number of hydrazone groups is 1. The van der Waals surface area contributed by atoms with Crippen molar-refractivity contribution in [1.82, 2.24) is 19.5 Å². The van der Waals surface area contributed by atoms with E-state index in [2.05, 4.69) is 15.1 Å². The standard InChI is InChI=1S/C18H19N5O/c1-22(2)21-18(23-12-11-19-14-23)16-8-3-4-9-17(16)24-13-15-7-5-6-10-20-15/h3-12,14H,13H2,1-2H3. The van der Waals surface area contributed by atoms with Crippen molar-refractivity contribution < 1.29 is 4.74 Å². The van der Waals surface area contributed by atoms with Gasteiger partial charge in [0.15, 0.2) is 5.84 Å². The van der Waals surface area contributed by atoms with Gasteiger partial charge in [0.2, 0.25) is 0 Å². The minimum Gasteiger partial charge on any atom is -0.487 e. The molecule has 0 saturated carbocycles. The summed E-state index contributed by atoms with van der Waals surface area (Å²) in [4.78, 5) is 8.40. The van der Waals surface area contributed by atoms with E-state index in [4.69, 9.17) is 4.74 Å². The molecule has 0 saturated heterocycles. The lowest BCUT2D eigenvalue weighted by Gasteiger charge is -2.15. The highest BCUT2D eigenvalue weighted by Gasteiger charge is 2.13. The van der Waals surface area contributed by atoms with E-state index in [1.54, 1.807) is 23.7 Å². The lowest BCUT2D eigenvalue weighted by molar-refractivity contribution is 0.300. The Kier molecular flexibility index (Phi) is 4.86. The molecule has 1 aromatic carbocycles.